The Kier molecular flexibility index (Phi) is 6.75. The molecule has 0 unspecified atom stereocenters. The van der Waals surface area contributed by atoms with Crippen LogP contribution in [0, 0.1) is 5.41 Å². The molecule has 1 aliphatic rings. The summed E-state index contributed by atoms with van der Waals surface area (Å²) in [6.07, 6.45) is 0. The van der Waals surface area contributed by atoms with E-state index in [1.807, 2.05) is 35.2 Å². The first-order valence-corrected chi connectivity index (χ1v) is 8.31. The molecule has 1 aromatic carbocycles. The molecule has 6 heteroatoms. The minimum absolute atomic E-state index is 0.250. The van der Waals surface area contributed by atoms with Crippen molar-refractivity contribution < 1.29 is 23.8 Å². The number of esters is 2. The number of hydrogen-bond acceptors (Lipinski definition) is 6. The maximum absolute atomic E-state index is 12.1. The fraction of sp³-hybridized carbons (Fsp3) is 0.556. The smallest absolute Gasteiger partial charge is 0.326 e. The summed E-state index contributed by atoms with van der Waals surface area (Å²) in [6.45, 7) is 6.34. The molecule has 0 N–H and O–H groups in total. The van der Waals surface area contributed by atoms with Crippen molar-refractivity contribution in [3.8, 4) is 0 Å². The molecular weight excluding hydrogens is 310 g/mol. The van der Waals surface area contributed by atoms with Crippen LogP contribution in [0.2, 0.25) is 0 Å². The van der Waals surface area contributed by atoms with Crippen LogP contribution < -0.4 is 0 Å². The van der Waals surface area contributed by atoms with Crippen molar-refractivity contribution in [3.05, 3.63) is 35.9 Å². The number of hydrogen-bond donors (Lipinski definition) is 0. The van der Waals surface area contributed by atoms with Crippen LogP contribution in [0.15, 0.2) is 30.3 Å². The minimum atomic E-state index is -1.18. The summed E-state index contributed by atoms with van der Waals surface area (Å²) in [4.78, 5) is 26.3. The van der Waals surface area contributed by atoms with Gasteiger partial charge in [-0.25, -0.2) is 0 Å². The summed E-state index contributed by atoms with van der Waals surface area (Å²) in [5.74, 6) is -0.991. The van der Waals surface area contributed by atoms with Gasteiger partial charge in [-0.1, -0.05) is 30.3 Å². The van der Waals surface area contributed by atoms with Crippen molar-refractivity contribution in [2.75, 3.05) is 39.5 Å². The number of benzene rings is 1. The third-order valence-electron chi connectivity index (χ3n) is 3.98. The quantitative estimate of drug-likeness (QED) is 0.388. The SMILES string of the molecule is CCOC(=O)C1(C(=O)OCC)CN(CCOCc2ccccc2)C1. The minimum Gasteiger partial charge on any atom is -0.465 e. The first-order valence-electron chi connectivity index (χ1n) is 8.31. The molecule has 1 fully saturated rings. The van der Waals surface area contributed by atoms with Gasteiger partial charge in [-0.15, -0.1) is 0 Å². The molecule has 0 bridgehead atoms. The number of rotatable bonds is 9. The predicted octanol–water partition coefficient (Wildman–Crippen LogP) is 1.63. The average molecular weight is 335 g/mol. The number of nitrogens with zero attached hydrogens (tertiary/aromatic N) is 1. The first-order chi connectivity index (χ1) is 11.6. The van der Waals surface area contributed by atoms with Crippen molar-refractivity contribution in [2.45, 2.75) is 20.5 Å². The molecule has 0 saturated carbocycles. The Hall–Kier alpha value is -1.92. The average Bonchev–Trinajstić information content (AvgIpc) is 2.54. The van der Waals surface area contributed by atoms with E-state index in [1.54, 1.807) is 13.8 Å². The zero-order valence-corrected chi connectivity index (χ0v) is 14.3. The molecule has 0 aliphatic carbocycles. The van der Waals surface area contributed by atoms with Crippen LogP contribution >= 0.6 is 0 Å². The van der Waals surface area contributed by atoms with E-state index in [9.17, 15) is 9.59 Å². The van der Waals surface area contributed by atoms with Gasteiger partial charge in [-0.3, -0.25) is 14.5 Å². The lowest BCUT2D eigenvalue weighted by molar-refractivity contribution is -0.186. The topological polar surface area (TPSA) is 65.1 Å². The van der Waals surface area contributed by atoms with Gasteiger partial charge >= 0.3 is 11.9 Å². The maximum Gasteiger partial charge on any atom is 0.326 e. The molecule has 1 saturated heterocycles. The largest absolute Gasteiger partial charge is 0.465 e. The molecular formula is C18H25NO5. The van der Waals surface area contributed by atoms with Gasteiger partial charge in [0.25, 0.3) is 0 Å². The van der Waals surface area contributed by atoms with Crippen LogP contribution in [0.5, 0.6) is 0 Å². The van der Waals surface area contributed by atoms with Gasteiger partial charge in [0, 0.05) is 19.6 Å². The highest BCUT2D eigenvalue weighted by Gasteiger charge is 2.57. The number of ether oxygens (including phenoxy) is 3. The van der Waals surface area contributed by atoms with E-state index in [0.717, 1.165) is 5.56 Å². The van der Waals surface area contributed by atoms with E-state index < -0.39 is 17.4 Å². The third kappa shape index (κ3) is 4.33. The summed E-state index contributed by atoms with van der Waals surface area (Å²) < 4.78 is 15.7. The third-order valence-corrected chi connectivity index (χ3v) is 3.98. The predicted molar refractivity (Wildman–Crippen MR) is 88.2 cm³/mol. The first kappa shape index (κ1) is 18.4. The van der Waals surface area contributed by atoms with Crippen LogP contribution in [-0.4, -0.2) is 56.3 Å². The summed E-state index contributed by atoms with van der Waals surface area (Å²) in [5, 5.41) is 0. The van der Waals surface area contributed by atoms with E-state index in [1.165, 1.54) is 0 Å². The van der Waals surface area contributed by atoms with Crippen molar-refractivity contribution >= 4 is 11.9 Å². The Morgan fingerprint density at radius 3 is 2.17 bits per heavy atom. The molecule has 0 spiro atoms. The molecule has 0 aromatic heterocycles. The molecule has 132 valence electrons. The summed E-state index contributed by atoms with van der Waals surface area (Å²) in [6, 6.07) is 9.93. The van der Waals surface area contributed by atoms with E-state index >= 15 is 0 Å². The van der Waals surface area contributed by atoms with E-state index in [2.05, 4.69) is 0 Å². The van der Waals surface area contributed by atoms with Crippen molar-refractivity contribution in [2.24, 2.45) is 5.41 Å². The molecule has 0 radical (unpaired) electrons. The van der Waals surface area contributed by atoms with E-state index in [-0.39, 0.29) is 13.2 Å². The molecule has 2 rings (SSSR count). The number of carbonyl (C=O) groups is 2. The van der Waals surface area contributed by atoms with Crippen molar-refractivity contribution in [1.82, 2.24) is 4.90 Å². The standard InChI is InChI=1S/C18H25NO5/c1-3-23-16(20)18(17(21)24-4-2)13-19(14-18)10-11-22-12-15-8-6-5-7-9-15/h5-9H,3-4,10-14H2,1-2H3. The number of likely N-dealkylation sites (tertiary alicyclic amines) is 1. The van der Waals surface area contributed by atoms with Gasteiger partial charge in [0.2, 0.25) is 0 Å². The van der Waals surface area contributed by atoms with Gasteiger partial charge in [-0.05, 0) is 19.4 Å². The molecule has 1 aliphatic heterocycles. The Labute approximate surface area is 142 Å². The van der Waals surface area contributed by atoms with Gasteiger partial charge in [0.15, 0.2) is 5.41 Å². The second kappa shape index (κ2) is 8.80. The summed E-state index contributed by atoms with van der Waals surface area (Å²) in [5.41, 5.74) is -0.0562. The fourth-order valence-electron chi connectivity index (χ4n) is 2.71. The van der Waals surface area contributed by atoms with Gasteiger partial charge < -0.3 is 14.2 Å². The second-order valence-corrected chi connectivity index (χ2v) is 5.77. The van der Waals surface area contributed by atoms with Gasteiger partial charge in [0.05, 0.1) is 26.4 Å². The molecule has 1 aromatic rings. The van der Waals surface area contributed by atoms with Gasteiger partial charge in [-0.2, -0.15) is 0 Å². The zero-order chi connectivity index (χ0) is 17.4. The maximum atomic E-state index is 12.1. The van der Waals surface area contributed by atoms with Crippen molar-refractivity contribution in [1.29, 1.82) is 0 Å². The lowest BCUT2D eigenvalue weighted by Gasteiger charge is -2.45. The van der Waals surface area contributed by atoms with Crippen LogP contribution in [0.4, 0.5) is 0 Å². The van der Waals surface area contributed by atoms with Crippen LogP contribution in [-0.2, 0) is 30.4 Å². The normalized spacial score (nSPS) is 16.2. The zero-order valence-electron chi connectivity index (χ0n) is 14.3. The Balaban J connectivity index is 1.77. The number of carbonyl (C=O) groups excluding carboxylic acids is 2. The lowest BCUT2D eigenvalue weighted by atomic mass is 9.79. The van der Waals surface area contributed by atoms with Crippen LogP contribution in [0.1, 0.15) is 19.4 Å². The van der Waals surface area contributed by atoms with Gasteiger partial charge in [0.1, 0.15) is 0 Å². The van der Waals surface area contributed by atoms with Crippen LogP contribution in [0.3, 0.4) is 0 Å². The molecule has 6 nitrogen and oxygen atoms in total. The highest BCUT2D eigenvalue weighted by molar-refractivity contribution is 6.01. The summed E-state index contributed by atoms with van der Waals surface area (Å²) in [7, 11) is 0. The Morgan fingerprint density at radius 1 is 1.04 bits per heavy atom. The lowest BCUT2D eigenvalue weighted by Crippen LogP contribution is -2.65. The second-order valence-electron chi connectivity index (χ2n) is 5.77. The Bertz CT molecular complexity index is 520. The highest BCUT2D eigenvalue weighted by Crippen LogP contribution is 2.33. The van der Waals surface area contributed by atoms with E-state index in [4.69, 9.17) is 14.2 Å². The highest BCUT2D eigenvalue weighted by atomic mass is 16.6. The fourth-order valence-corrected chi connectivity index (χ4v) is 2.71. The molecule has 0 atom stereocenters. The molecule has 1 heterocycles. The molecule has 0 amide bonds. The van der Waals surface area contributed by atoms with E-state index in [0.29, 0.717) is 32.8 Å². The van der Waals surface area contributed by atoms with Crippen molar-refractivity contribution in [3.63, 3.8) is 0 Å². The Morgan fingerprint density at radius 2 is 1.62 bits per heavy atom. The summed E-state index contributed by atoms with van der Waals surface area (Å²) >= 11 is 0. The molecule has 24 heavy (non-hydrogen) atoms. The monoisotopic (exact) mass is 335 g/mol. The van der Waals surface area contributed by atoms with Crippen LogP contribution in [0.25, 0.3) is 0 Å².